The molecule has 1 aliphatic carbocycles. The van der Waals surface area contributed by atoms with Crippen LogP contribution in [0.3, 0.4) is 0 Å². The average Bonchev–Trinajstić information content (AvgIpc) is 2.82. The molecule has 0 radical (unpaired) electrons. The molecule has 1 aromatic heterocycles. The number of aromatic nitrogens is 2. The van der Waals surface area contributed by atoms with E-state index < -0.39 is 11.6 Å². The molecule has 0 saturated heterocycles. The molecule has 4 rings (SSSR count). The number of benzene rings is 2. The Labute approximate surface area is 183 Å². The quantitative estimate of drug-likeness (QED) is 0.363. The molecule has 2 aromatic carbocycles. The summed E-state index contributed by atoms with van der Waals surface area (Å²) in [6, 6.07) is 12.5. The minimum Gasteiger partial charge on any atom is -0.236 e. The van der Waals surface area contributed by atoms with E-state index in [9.17, 15) is 8.78 Å². The van der Waals surface area contributed by atoms with Crippen LogP contribution in [0, 0.1) is 17.6 Å². The van der Waals surface area contributed by atoms with Gasteiger partial charge in [0.05, 0.1) is 0 Å². The molecule has 0 spiro atoms. The van der Waals surface area contributed by atoms with Gasteiger partial charge in [0.2, 0.25) is 0 Å². The largest absolute Gasteiger partial charge is 0.236 e. The fourth-order valence-electron chi connectivity index (χ4n) is 4.68. The van der Waals surface area contributed by atoms with E-state index in [1.54, 1.807) is 12.4 Å². The second-order valence-electron chi connectivity index (χ2n) is 8.76. The molecule has 0 bridgehead atoms. The molecule has 1 aliphatic rings. The second kappa shape index (κ2) is 10.1. The van der Waals surface area contributed by atoms with Gasteiger partial charge in [0, 0.05) is 23.5 Å². The monoisotopic (exact) mass is 420 g/mol. The van der Waals surface area contributed by atoms with Crippen LogP contribution in [0.1, 0.15) is 69.8 Å². The van der Waals surface area contributed by atoms with Gasteiger partial charge < -0.3 is 0 Å². The van der Waals surface area contributed by atoms with Gasteiger partial charge in [-0.3, -0.25) is 0 Å². The van der Waals surface area contributed by atoms with Crippen LogP contribution >= 0.6 is 0 Å². The van der Waals surface area contributed by atoms with Gasteiger partial charge in [0.15, 0.2) is 17.5 Å². The first-order valence-corrected chi connectivity index (χ1v) is 11.5. The lowest BCUT2D eigenvalue weighted by atomic mass is 9.77. The highest BCUT2D eigenvalue weighted by atomic mass is 19.2. The molecule has 31 heavy (non-hydrogen) atoms. The van der Waals surface area contributed by atoms with E-state index in [1.165, 1.54) is 63.0 Å². The zero-order valence-corrected chi connectivity index (χ0v) is 18.2. The highest BCUT2D eigenvalue weighted by molar-refractivity contribution is 5.64. The zero-order valence-electron chi connectivity index (χ0n) is 18.2. The Morgan fingerprint density at radius 2 is 1.45 bits per heavy atom. The number of unbranched alkanes of at least 4 members (excludes halogenated alkanes) is 2. The van der Waals surface area contributed by atoms with E-state index >= 15 is 0 Å². The van der Waals surface area contributed by atoms with Gasteiger partial charge in [-0.25, -0.2) is 18.7 Å². The molecule has 0 atom stereocenters. The fraction of sp³-hybridized carbons (Fsp3) is 0.407. The van der Waals surface area contributed by atoms with Crippen molar-refractivity contribution in [1.29, 1.82) is 0 Å². The van der Waals surface area contributed by atoms with E-state index in [1.807, 2.05) is 0 Å². The summed E-state index contributed by atoms with van der Waals surface area (Å²) >= 11 is 0. The zero-order chi connectivity index (χ0) is 21.6. The third kappa shape index (κ3) is 5.36. The highest BCUT2D eigenvalue weighted by Crippen LogP contribution is 2.38. The van der Waals surface area contributed by atoms with Gasteiger partial charge in [-0.2, -0.15) is 0 Å². The molecule has 0 N–H and O–H groups in total. The molecule has 0 aliphatic heterocycles. The number of rotatable bonds is 7. The Bertz CT molecular complexity index is 975. The molecule has 162 valence electrons. The molecule has 1 fully saturated rings. The van der Waals surface area contributed by atoms with Gasteiger partial charge in [0.25, 0.3) is 0 Å². The topological polar surface area (TPSA) is 25.8 Å². The van der Waals surface area contributed by atoms with Crippen LogP contribution in [0.5, 0.6) is 0 Å². The van der Waals surface area contributed by atoms with E-state index in [2.05, 4.69) is 41.2 Å². The van der Waals surface area contributed by atoms with Crippen LogP contribution in [0.15, 0.2) is 54.9 Å². The Kier molecular flexibility index (Phi) is 7.06. The number of hydrogen-bond donors (Lipinski definition) is 0. The van der Waals surface area contributed by atoms with Crippen LogP contribution in [0.4, 0.5) is 8.78 Å². The molecule has 3 aromatic rings. The van der Waals surface area contributed by atoms with Crippen LogP contribution in [-0.4, -0.2) is 9.97 Å². The van der Waals surface area contributed by atoms with Crippen LogP contribution in [-0.2, 0) is 0 Å². The lowest BCUT2D eigenvalue weighted by molar-refractivity contribution is 0.303. The first kappa shape index (κ1) is 21.6. The van der Waals surface area contributed by atoms with Gasteiger partial charge >= 0.3 is 0 Å². The Morgan fingerprint density at radius 3 is 2.10 bits per heavy atom. The summed E-state index contributed by atoms with van der Waals surface area (Å²) in [5.74, 6) is 0.215. The van der Waals surface area contributed by atoms with Gasteiger partial charge in [0.1, 0.15) is 0 Å². The summed E-state index contributed by atoms with van der Waals surface area (Å²) in [5.41, 5.74) is 3.87. The first-order valence-electron chi connectivity index (χ1n) is 11.5. The van der Waals surface area contributed by atoms with Crippen LogP contribution in [0.25, 0.3) is 22.5 Å². The van der Waals surface area contributed by atoms with Gasteiger partial charge in [-0.05, 0) is 66.8 Å². The van der Waals surface area contributed by atoms with Crippen molar-refractivity contribution in [1.82, 2.24) is 9.97 Å². The lowest BCUT2D eigenvalue weighted by Crippen LogP contribution is -2.13. The van der Waals surface area contributed by atoms with Crippen LogP contribution in [0.2, 0.25) is 0 Å². The molecule has 2 nitrogen and oxygen atoms in total. The van der Waals surface area contributed by atoms with E-state index in [0.29, 0.717) is 17.3 Å². The van der Waals surface area contributed by atoms with Crippen molar-refractivity contribution in [3.05, 3.63) is 72.1 Å². The molecule has 4 heteroatoms. The third-order valence-electron chi connectivity index (χ3n) is 6.61. The minimum absolute atomic E-state index is 0.384. The maximum Gasteiger partial charge on any atom is 0.159 e. The van der Waals surface area contributed by atoms with E-state index in [0.717, 1.165) is 29.2 Å². The summed E-state index contributed by atoms with van der Waals surface area (Å²) in [5, 5.41) is 0. The van der Waals surface area contributed by atoms with Crippen molar-refractivity contribution in [2.24, 2.45) is 5.92 Å². The first-order chi connectivity index (χ1) is 15.1. The average molecular weight is 421 g/mol. The summed E-state index contributed by atoms with van der Waals surface area (Å²) in [6.07, 6.45) is 14.2. The normalized spacial score (nSPS) is 18.8. The molecule has 1 saturated carbocycles. The minimum atomic E-state index is -0.893. The van der Waals surface area contributed by atoms with Gasteiger partial charge in [-0.15, -0.1) is 0 Å². The Morgan fingerprint density at radius 1 is 0.774 bits per heavy atom. The number of hydrogen-bond acceptors (Lipinski definition) is 2. The smallest absolute Gasteiger partial charge is 0.159 e. The van der Waals surface area contributed by atoms with Crippen molar-refractivity contribution >= 4 is 0 Å². The van der Waals surface area contributed by atoms with Crippen molar-refractivity contribution in [2.75, 3.05) is 0 Å². The predicted octanol–water partition coefficient (Wildman–Crippen LogP) is 7.94. The summed E-state index contributed by atoms with van der Waals surface area (Å²) in [6.45, 7) is 2.27. The highest BCUT2D eigenvalue weighted by Gasteiger charge is 2.22. The molecular formula is C27H30F2N2. The summed E-state index contributed by atoms with van der Waals surface area (Å²) in [4.78, 5) is 8.69. The number of halogens is 2. The molecular weight excluding hydrogens is 390 g/mol. The van der Waals surface area contributed by atoms with E-state index in [4.69, 9.17) is 0 Å². The Hall–Kier alpha value is -2.62. The fourth-order valence-corrected chi connectivity index (χ4v) is 4.68. The molecule has 0 unspecified atom stereocenters. The van der Waals surface area contributed by atoms with Crippen molar-refractivity contribution in [2.45, 2.75) is 64.2 Å². The standard InChI is InChI=1S/C27H30F2N2/c1-2-3-4-5-19-6-8-20(9-7-19)21-10-12-22(13-11-21)24-17-30-27(31-18-24)23-14-15-25(28)26(29)16-23/h10-20H,2-9H2,1H3. The maximum absolute atomic E-state index is 13.5. The summed E-state index contributed by atoms with van der Waals surface area (Å²) in [7, 11) is 0. The predicted molar refractivity (Wildman–Crippen MR) is 122 cm³/mol. The maximum atomic E-state index is 13.5. The van der Waals surface area contributed by atoms with Crippen LogP contribution < -0.4 is 0 Å². The molecule has 1 heterocycles. The van der Waals surface area contributed by atoms with Gasteiger partial charge in [-0.1, -0.05) is 56.9 Å². The van der Waals surface area contributed by atoms with Crippen molar-refractivity contribution < 1.29 is 8.78 Å². The third-order valence-corrected chi connectivity index (χ3v) is 6.61. The van der Waals surface area contributed by atoms with Crippen molar-refractivity contribution in [3.8, 4) is 22.5 Å². The SMILES string of the molecule is CCCCCC1CCC(c2ccc(-c3cnc(-c4ccc(F)c(F)c4)nc3)cc2)CC1. The Balaban J connectivity index is 1.38. The number of nitrogens with zero attached hydrogens (tertiary/aromatic N) is 2. The lowest BCUT2D eigenvalue weighted by Gasteiger charge is -2.29. The summed E-state index contributed by atoms with van der Waals surface area (Å²) < 4.78 is 26.6. The van der Waals surface area contributed by atoms with Crippen molar-refractivity contribution in [3.63, 3.8) is 0 Å². The second-order valence-corrected chi connectivity index (χ2v) is 8.76. The molecule has 0 amide bonds. The van der Waals surface area contributed by atoms with E-state index in [-0.39, 0.29) is 0 Å².